The Morgan fingerprint density at radius 1 is 1.13 bits per heavy atom. The van der Waals surface area contributed by atoms with Crippen molar-refractivity contribution < 1.29 is 19.0 Å². The fourth-order valence-electron chi connectivity index (χ4n) is 4.41. The van der Waals surface area contributed by atoms with Crippen LogP contribution in [0.1, 0.15) is 49.8 Å². The van der Waals surface area contributed by atoms with Crippen molar-refractivity contribution in [1.29, 1.82) is 0 Å². The van der Waals surface area contributed by atoms with Gasteiger partial charge in [0.2, 0.25) is 0 Å². The molecule has 2 aromatic carbocycles. The molecule has 4 rings (SSSR count). The van der Waals surface area contributed by atoms with Gasteiger partial charge in [-0.15, -0.1) is 0 Å². The Kier molecular flexibility index (Phi) is 5.61. The van der Waals surface area contributed by atoms with Gasteiger partial charge in [0, 0.05) is 6.42 Å². The van der Waals surface area contributed by atoms with Gasteiger partial charge >= 0.3 is 5.97 Å². The minimum absolute atomic E-state index is 0.0483. The van der Waals surface area contributed by atoms with Crippen LogP contribution in [0.5, 0.6) is 0 Å². The predicted octanol–water partition coefficient (Wildman–Crippen LogP) is 5.22. The topological polar surface area (TPSA) is 46.5 Å². The van der Waals surface area contributed by atoms with E-state index in [2.05, 4.69) is 32.0 Å². The van der Waals surface area contributed by atoms with Gasteiger partial charge in [0.25, 0.3) is 0 Å². The molecule has 0 saturated carbocycles. The number of ether oxygens (including phenoxy) is 1. The first kappa shape index (κ1) is 20.5. The normalized spacial score (nSPS) is 23.8. The second kappa shape index (κ2) is 8.19. The summed E-state index contributed by atoms with van der Waals surface area (Å²) in [7, 11) is 0. The van der Waals surface area contributed by atoms with E-state index < -0.39 is 12.2 Å². The number of carbonyl (C=O) groups is 1. The lowest BCUT2D eigenvalue weighted by Crippen LogP contribution is -2.31. The molecule has 2 unspecified atom stereocenters. The van der Waals surface area contributed by atoms with E-state index in [-0.39, 0.29) is 23.6 Å². The van der Waals surface area contributed by atoms with Crippen molar-refractivity contribution in [2.24, 2.45) is 5.41 Å². The first-order valence-corrected chi connectivity index (χ1v) is 10.5. The molecule has 0 bridgehead atoms. The van der Waals surface area contributed by atoms with Gasteiger partial charge in [-0.1, -0.05) is 56.3 Å². The Balaban J connectivity index is 1.86. The van der Waals surface area contributed by atoms with E-state index in [4.69, 9.17) is 4.74 Å². The second-order valence-electron chi connectivity index (χ2n) is 8.82. The summed E-state index contributed by atoms with van der Waals surface area (Å²) in [6.07, 6.45) is 5.16. The zero-order valence-corrected chi connectivity index (χ0v) is 17.4. The van der Waals surface area contributed by atoms with Crippen LogP contribution in [-0.2, 0) is 16.0 Å². The van der Waals surface area contributed by atoms with Gasteiger partial charge in [-0.3, -0.25) is 4.79 Å². The second-order valence-corrected chi connectivity index (χ2v) is 8.82. The summed E-state index contributed by atoms with van der Waals surface area (Å²) in [6, 6.07) is 15.0. The molecule has 1 aliphatic carbocycles. The number of carbonyl (C=O) groups excluding carboxylic acids is 1. The van der Waals surface area contributed by atoms with E-state index in [9.17, 15) is 14.3 Å². The molecule has 1 heterocycles. The lowest BCUT2D eigenvalue weighted by Gasteiger charge is -2.28. The summed E-state index contributed by atoms with van der Waals surface area (Å²) in [6.45, 7) is 4.42. The Bertz CT molecular complexity index is 1000. The number of cyclic esters (lactones) is 1. The maximum absolute atomic E-state index is 13.6. The monoisotopic (exact) mass is 406 g/mol. The van der Waals surface area contributed by atoms with Gasteiger partial charge in [0.1, 0.15) is 11.9 Å². The molecule has 0 amide bonds. The number of fused-ring (bicyclic) bond motifs is 1. The molecular formula is C26H27FO3. The molecule has 2 aliphatic rings. The maximum atomic E-state index is 13.6. The highest BCUT2D eigenvalue weighted by Crippen LogP contribution is 2.44. The Morgan fingerprint density at radius 2 is 1.87 bits per heavy atom. The maximum Gasteiger partial charge on any atom is 0.309 e. The average molecular weight is 406 g/mol. The molecule has 30 heavy (non-hydrogen) atoms. The zero-order chi connectivity index (χ0) is 21.3. The van der Waals surface area contributed by atoms with E-state index in [1.54, 1.807) is 0 Å². The standard InChI is InChI=1S/C26H27FO3/c1-26(2)14-13-17-5-3-4-6-22(17)25(18-7-9-19(27)10-8-18)23(26)12-11-21-15-20(28)16-24(29)30-21/h3-12,20-21,28H,13-16H2,1-2H3. The number of aryl methyl sites for hydroxylation is 1. The third-order valence-electron chi connectivity index (χ3n) is 6.10. The van der Waals surface area contributed by atoms with Crippen LogP contribution < -0.4 is 0 Å². The average Bonchev–Trinajstić information content (AvgIpc) is 2.81. The molecule has 1 N–H and O–H groups in total. The van der Waals surface area contributed by atoms with E-state index in [1.165, 1.54) is 17.7 Å². The molecule has 0 spiro atoms. The summed E-state index contributed by atoms with van der Waals surface area (Å²) in [5, 5.41) is 9.94. The molecule has 1 fully saturated rings. The van der Waals surface area contributed by atoms with Crippen molar-refractivity contribution in [3.63, 3.8) is 0 Å². The van der Waals surface area contributed by atoms with Gasteiger partial charge in [-0.05, 0) is 64.3 Å². The summed E-state index contributed by atoms with van der Waals surface area (Å²) in [5.74, 6) is -0.637. The van der Waals surface area contributed by atoms with Crippen molar-refractivity contribution in [3.8, 4) is 0 Å². The molecule has 0 radical (unpaired) electrons. The Morgan fingerprint density at radius 3 is 2.60 bits per heavy atom. The highest BCUT2D eigenvalue weighted by Gasteiger charge is 2.31. The minimum atomic E-state index is -0.672. The molecule has 0 aromatic heterocycles. The number of esters is 1. The quantitative estimate of drug-likeness (QED) is 0.711. The molecule has 1 aliphatic heterocycles. The number of benzene rings is 2. The van der Waals surface area contributed by atoms with Crippen LogP contribution in [0, 0.1) is 11.2 Å². The van der Waals surface area contributed by atoms with Crippen LogP contribution in [0.4, 0.5) is 4.39 Å². The Labute approximate surface area is 176 Å². The van der Waals surface area contributed by atoms with E-state index in [0.717, 1.165) is 35.1 Å². The van der Waals surface area contributed by atoms with E-state index >= 15 is 0 Å². The van der Waals surface area contributed by atoms with Crippen molar-refractivity contribution in [1.82, 2.24) is 0 Å². The highest BCUT2D eigenvalue weighted by atomic mass is 19.1. The van der Waals surface area contributed by atoms with Crippen LogP contribution in [-0.4, -0.2) is 23.3 Å². The number of hydrogen-bond donors (Lipinski definition) is 1. The van der Waals surface area contributed by atoms with E-state index in [0.29, 0.717) is 6.42 Å². The number of hydrogen-bond acceptors (Lipinski definition) is 3. The lowest BCUT2D eigenvalue weighted by atomic mass is 9.77. The predicted molar refractivity (Wildman–Crippen MR) is 115 cm³/mol. The van der Waals surface area contributed by atoms with Crippen LogP contribution in [0.15, 0.2) is 66.3 Å². The molecule has 2 aromatic rings. The largest absolute Gasteiger partial charge is 0.458 e. The first-order valence-electron chi connectivity index (χ1n) is 10.5. The third-order valence-corrected chi connectivity index (χ3v) is 6.10. The molecule has 156 valence electrons. The van der Waals surface area contributed by atoms with Gasteiger partial charge in [0.15, 0.2) is 0 Å². The minimum Gasteiger partial charge on any atom is -0.458 e. The number of allylic oxidation sites excluding steroid dienone is 2. The number of aliphatic hydroxyl groups excluding tert-OH is 1. The van der Waals surface area contributed by atoms with Crippen LogP contribution in [0.25, 0.3) is 5.57 Å². The van der Waals surface area contributed by atoms with Crippen molar-refractivity contribution in [2.45, 2.75) is 51.7 Å². The molecule has 4 heteroatoms. The fourth-order valence-corrected chi connectivity index (χ4v) is 4.41. The van der Waals surface area contributed by atoms with Crippen molar-refractivity contribution >= 4 is 11.5 Å². The molecule has 2 atom stereocenters. The molecule has 1 saturated heterocycles. The summed E-state index contributed by atoms with van der Waals surface area (Å²) < 4.78 is 19.1. The third kappa shape index (κ3) is 4.24. The van der Waals surface area contributed by atoms with Crippen LogP contribution >= 0.6 is 0 Å². The fraction of sp³-hybridized carbons (Fsp3) is 0.346. The number of halogens is 1. The van der Waals surface area contributed by atoms with Crippen LogP contribution in [0.2, 0.25) is 0 Å². The highest BCUT2D eigenvalue weighted by molar-refractivity contribution is 5.86. The molecule has 3 nitrogen and oxygen atoms in total. The van der Waals surface area contributed by atoms with Gasteiger partial charge in [0.05, 0.1) is 12.5 Å². The summed E-state index contributed by atoms with van der Waals surface area (Å²) >= 11 is 0. The zero-order valence-electron chi connectivity index (χ0n) is 17.4. The summed E-state index contributed by atoms with van der Waals surface area (Å²) in [4.78, 5) is 11.7. The van der Waals surface area contributed by atoms with E-state index in [1.807, 2.05) is 30.4 Å². The van der Waals surface area contributed by atoms with Crippen molar-refractivity contribution in [3.05, 3.63) is 88.8 Å². The van der Waals surface area contributed by atoms with Crippen LogP contribution in [0.3, 0.4) is 0 Å². The Hall–Kier alpha value is -2.72. The SMILES string of the molecule is CC1(C)CCc2ccccc2C(c2ccc(F)cc2)=C1C=CC1CC(O)CC(=O)O1. The molecular weight excluding hydrogens is 379 g/mol. The number of aliphatic hydroxyl groups is 1. The van der Waals surface area contributed by atoms with Gasteiger partial charge in [-0.2, -0.15) is 0 Å². The lowest BCUT2D eigenvalue weighted by molar-refractivity contribution is -0.156. The summed E-state index contributed by atoms with van der Waals surface area (Å²) in [5.41, 5.74) is 5.43. The number of rotatable bonds is 3. The smallest absolute Gasteiger partial charge is 0.309 e. The van der Waals surface area contributed by atoms with Crippen molar-refractivity contribution in [2.75, 3.05) is 0 Å². The first-order chi connectivity index (χ1) is 14.3. The van der Waals surface area contributed by atoms with Gasteiger partial charge in [-0.25, -0.2) is 4.39 Å². The van der Waals surface area contributed by atoms with Gasteiger partial charge < -0.3 is 9.84 Å².